The van der Waals surface area contributed by atoms with Crippen LogP contribution < -0.4 is 14.8 Å². The van der Waals surface area contributed by atoms with E-state index in [-0.39, 0.29) is 19.1 Å². The molecule has 0 radical (unpaired) electrons. The molecule has 0 saturated carbocycles. The van der Waals surface area contributed by atoms with Gasteiger partial charge in [-0.05, 0) is 37.6 Å². The van der Waals surface area contributed by atoms with Crippen molar-refractivity contribution in [3.63, 3.8) is 0 Å². The van der Waals surface area contributed by atoms with Gasteiger partial charge in [0.25, 0.3) is 0 Å². The van der Waals surface area contributed by atoms with Gasteiger partial charge in [0.15, 0.2) is 11.5 Å². The van der Waals surface area contributed by atoms with Crippen LogP contribution in [-0.2, 0) is 4.79 Å². The normalized spacial score (nSPS) is 10.6. The first-order chi connectivity index (χ1) is 9.71. The molecule has 1 rings (SSSR count). The number of hydrogen-bond acceptors (Lipinski definition) is 4. The highest BCUT2D eigenvalue weighted by Gasteiger charge is 2.05. The Hall–Kier alpha value is -2.01. The number of aliphatic hydroxyl groups excluding tert-OH is 1. The average Bonchev–Trinajstić information content (AvgIpc) is 2.45. The maximum absolute atomic E-state index is 11.4. The van der Waals surface area contributed by atoms with Crippen molar-refractivity contribution in [2.24, 2.45) is 0 Å². The lowest BCUT2D eigenvalue weighted by Gasteiger charge is -2.11. The zero-order valence-corrected chi connectivity index (χ0v) is 11.9. The summed E-state index contributed by atoms with van der Waals surface area (Å²) in [6, 6.07) is 5.49. The van der Waals surface area contributed by atoms with Gasteiger partial charge >= 0.3 is 0 Å². The molecule has 1 aromatic carbocycles. The Morgan fingerprint density at radius 2 is 1.95 bits per heavy atom. The highest BCUT2D eigenvalue weighted by molar-refractivity contribution is 5.91. The SMILES string of the molecule is CCOc1ccc(C=CC(=O)NCCO)cc1OCC. The lowest BCUT2D eigenvalue weighted by atomic mass is 10.2. The molecule has 0 heterocycles. The van der Waals surface area contributed by atoms with Crippen molar-refractivity contribution in [1.82, 2.24) is 5.32 Å². The number of nitrogens with one attached hydrogen (secondary N) is 1. The van der Waals surface area contributed by atoms with Crippen LogP contribution in [0.15, 0.2) is 24.3 Å². The number of carbonyl (C=O) groups is 1. The molecule has 0 unspecified atom stereocenters. The van der Waals surface area contributed by atoms with E-state index in [1.165, 1.54) is 6.08 Å². The topological polar surface area (TPSA) is 67.8 Å². The molecule has 110 valence electrons. The van der Waals surface area contributed by atoms with Gasteiger partial charge in [-0.1, -0.05) is 6.07 Å². The van der Waals surface area contributed by atoms with Crippen LogP contribution in [0.1, 0.15) is 19.4 Å². The van der Waals surface area contributed by atoms with Crippen LogP contribution in [0.4, 0.5) is 0 Å². The van der Waals surface area contributed by atoms with Gasteiger partial charge in [0.05, 0.1) is 19.8 Å². The van der Waals surface area contributed by atoms with Crippen molar-refractivity contribution < 1.29 is 19.4 Å². The summed E-state index contributed by atoms with van der Waals surface area (Å²) < 4.78 is 11.0. The maximum atomic E-state index is 11.4. The van der Waals surface area contributed by atoms with Crippen molar-refractivity contribution in [3.05, 3.63) is 29.8 Å². The summed E-state index contributed by atoms with van der Waals surface area (Å²) in [7, 11) is 0. The highest BCUT2D eigenvalue weighted by atomic mass is 16.5. The summed E-state index contributed by atoms with van der Waals surface area (Å²) in [4.78, 5) is 11.4. The predicted molar refractivity (Wildman–Crippen MR) is 77.9 cm³/mol. The molecule has 0 aliphatic rings. The van der Waals surface area contributed by atoms with Crippen molar-refractivity contribution in [2.45, 2.75) is 13.8 Å². The third-order valence-electron chi connectivity index (χ3n) is 2.41. The van der Waals surface area contributed by atoms with Gasteiger partial charge in [0.2, 0.25) is 5.91 Å². The molecule has 0 spiro atoms. The van der Waals surface area contributed by atoms with Gasteiger partial charge in [0, 0.05) is 12.6 Å². The largest absolute Gasteiger partial charge is 0.490 e. The molecule has 5 nitrogen and oxygen atoms in total. The molecule has 0 saturated heterocycles. The number of rotatable bonds is 8. The Balaban J connectivity index is 2.78. The zero-order valence-electron chi connectivity index (χ0n) is 11.9. The van der Waals surface area contributed by atoms with Crippen molar-refractivity contribution >= 4 is 12.0 Å². The molecule has 0 atom stereocenters. The van der Waals surface area contributed by atoms with Gasteiger partial charge in [-0.3, -0.25) is 4.79 Å². The number of aliphatic hydroxyl groups is 1. The van der Waals surface area contributed by atoms with Crippen molar-refractivity contribution in [2.75, 3.05) is 26.4 Å². The van der Waals surface area contributed by atoms with Crippen molar-refractivity contribution in [3.8, 4) is 11.5 Å². The number of hydrogen-bond donors (Lipinski definition) is 2. The lowest BCUT2D eigenvalue weighted by Crippen LogP contribution is -2.24. The Kier molecular flexibility index (Phi) is 7.21. The second kappa shape index (κ2) is 8.98. The van der Waals surface area contributed by atoms with E-state index in [4.69, 9.17) is 14.6 Å². The molecule has 1 aromatic rings. The van der Waals surface area contributed by atoms with Crippen LogP contribution in [0, 0.1) is 0 Å². The fraction of sp³-hybridized carbons (Fsp3) is 0.400. The van der Waals surface area contributed by atoms with Crippen LogP contribution in [0.2, 0.25) is 0 Å². The summed E-state index contributed by atoms with van der Waals surface area (Å²) in [5, 5.41) is 11.1. The molecule has 0 aliphatic carbocycles. The van der Waals surface area contributed by atoms with E-state index in [0.29, 0.717) is 24.7 Å². The first-order valence-electron chi connectivity index (χ1n) is 6.67. The van der Waals surface area contributed by atoms with Gasteiger partial charge in [0.1, 0.15) is 0 Å². The quantitative estimate of drug-likeness (QED) is 0.709. The molecule has 2 N–H and O–H groups in total. The minimum absolute atomic E-state index is 0.0723. The minimum atomic E-state index is -0.245. The van der Waals surface area contributed by atoms with Gasteiger partial charge in [-0.15, -0.1) is 0 Å². The molecule has 0 bridgehead atoms. The second-order valence-electron chi connectivity index (χ2n) is 3.92. The van der Waals surface area contributed by atoms with E-state index >= 15 is 0 Å². The first kappa shape index (κ1) is 16.0. The van der Waals surface area contributed by atoms with E-state index in [1.54, 1.807) is 6.08 Å². The third-order valence-corrected chi connectivity index (χ3v) is 2.41. The van der Waals surface area contributed by atoms with E-state index in [0.717, 1.165) is 5.56 Å². The summed E-state index contributed by atoms with van der Waals surface area (Å²) in [6.07, 6.45) is 3.10. The zero-order chi connectivity index (χ0) is 14.8. The Labute approximate surface area is 119 Å². The number of ether oxygens (including phenoxy) is 2. The molecule has 1 amide bonds. The van der Waals surface area contributed by atoms with Crippen LogP contribution in [-0.4, -0.2) is 37.4 Å². The second-order valence-corrected chi connectivity index (χ2v) is 3.92. The van der Waals surface area contributed by atoms with Crippen molar-refractivity contribution in [1.29, 1.82) is 0 Å². The summed E-state index contributed by atoms with van der Waals surface area (Å²) in [5.74, 6) is 1.11. The fourth-order valence-electron chi connectivity index (χ4n) is 1.58. The van der Waals surface area contributed by atoms with Gasteiger partial charge in [-0.2, -0.15) is 0 Å². The molecule has 5 heteroatoms. The maximum Gasteiger partial charge on any atom is 0.244 e. The molecule has 0 aliphatic heterocycles. The van der Waals surface area contributed by atoms with Crippen LogP contribution >= 0.6 is 0 Å². The predicted octanol–water partition coefficient (Wildman–Crippen LogP) is 1.61. The molecule has 0 aromatic heterocycles. The number of benzene rings is 1. The molecular formula is C15H21NO4. The van der Waals surface area contributed by atoms with Gasteiger partial charge < -0.3 is 19.9 Å². The Morgan fingerprint density at radius 3 is 2.60 bits per heavy atom. The van der Waals surface area contributed by atoms with E-state index in [9.17, 15) is 4.79 Å². The Bertz CT molecular complexity index is 457. The first-order valence-corrected chi connectivity index (χ1v) is 6.67. The fourth-order valence-corrected chi connectivity index (χ4v) is 1.58. The smallest absolute Gasteiger partial charge is 0.244 e. The number of amides is 1. The van der Waals surface area contributed by atoms with E-state index < -0.39 is 0 Å². The monoisotopic (exact) mass is 279 g/mol. The summed E-state index contributed by atoms with van der Waals surface area (Å²) in [5.41, 5.74) is 0.844. The van der Waals surface area contributed by atoms with Crippen LogP contribution in [0.5, 0.6) is 11.5 Å². The highest BCUT2D eigenvalue weighted by Crippen LogP contribution is 2.28. The van der Waals surface area contributed by atoms with Crippen LogP contribution in [0.25, 0.3) is 6.08 Å². The average molecular weight is 279 g/mol. The third kappa shape index (κ3) is 5.32. The van der Waals surface area contributed by atoms with Crippen LogP contribution in [0.3, 0.4) is 0 Å². The lowest BCUT2D eigenvalue weighted by molar-refractivity contribution is -0.116. The van der Waals surface area contributed by atoms with E-state index in [1.807, 2.05) is 32.0 Å². The van der Waals surface area contributed by atoms with E-state index in [2.05, 4.69) is 5.32 Å². The summed E-state index contributed by atoms with van der Waals surface area (Å²) >= 11 is 0. The minimum Gasteiger partial charge on any atom is -0.490 e. The standard InChI is InChI=1S/C15H21NO4/c1-3-19-13-7-5-12(11-14(13)20-4-2)6-8-15(18)16-9-10-17/h5-8,11,17H,3-4,9-10H2,1-2H3,(H,16,18). The molecular weight excluding hydrogens is 258 g/mol. The molecule has 0 fully saturated rings. The number of carbonyl (C=O) groups excluding carboxylic acids is 1. The molecule has 20 heavy (non-hydrogen) atoms. The van der Waals surface area contributed by atoms with Gasteiger partial charge in [-0.25, -0.2) is 0 Å². The summed E-state index contributed by atoms with van der Waals surface area (Å²) in [6.45, 7) is 5.10. The Morgan fingerprint density at radius 1 is 1.25 bits per heavy atom.